The molecule has 0 nitrogen and oxygen atoms in total. The van der Waals surface area contributed by atoms with E-state index < -0.39 is 0 Å². The Labute approximate surface area is 197 Å². The van der Waals surface area contributed by atoms with Crippen LogP contribution in [0.4, 0.5) is 4.39 Å². The van der Waals surface area contributed by atoms with Crippen molar-refractivity contribution in [2.75, 3.05) is 0 Å². The molecule has 0 saturated heterocycles. The van der Waals surface area contributed by atoms with Gasteiger partial charge in [0.1, 0.15) is 5.82 Å². The Kier molecular flexibility index (Phi) is 7.59. The highest BCUT2D eigenvalue weighted by atomic mass is 19.1. The predicted octanol–water partition coefficient (Wildman–Crippen LogP) is 8.21. The summed E-state index contributed by atoms with van der Waals surface area (Å²) in [7, 11) is 0. The van der Waals surface area contributed by atoms with Gasteiger partial charge in [0.05, 0.1) is 0 Å². The molecule has 4 rings (SSSR count). The van der Waals surface area contributed by atoms with Crippen LogP contribution in [0.2, 0.25) is 0 Å². The van der Waals surface area contributed by atoms with Gasteiger partial charge in [-0.05, 0) is 84.5 Å². The molecule has 0 aliphatic heterocycles. The summed E-state index contributed by atoms with van der Waals surface area (Å²) in [5.74, 6) is 6.30. The van der Waals surface area contributed by atoms with Crippen LogP contribution < -0.4 is 0 Å². The maximum absolute atomic E-state index is 14.2. The first-order valence-electron chi connectivity index (χ1n) is 12.0. The fourth-order valence-corrected chi connectivity index (χ4v) is 4.12. The van der Waals surface area contributed by atoms with Crippen LogP contribution in [0.15, 0.2) is 78.9 Å². The second-order valence-electron chi connectivity index (χ2n) is 8.85. The number of halogens is 1. The molecule has 0 amide bonds. The molecule has 0 N–H and O–H groups in total. The first-order chi connectivity index (χ1) is 16.1. The number of hydrogen-bond acceptors (Lipinski definition) is 0. The third-order valence-corrected chi connectivity index (χ3v) is 6.25. The largest absolute Gasteiger partial charge is 0.206 e. The second-order valence-corrected chi connectivity index (χ2v) is 8.85. The van der Waals surface area contributed by atoms with E-state index >= 15 is 0 Å². The van der Waals surface area contributed by atoms with Crippen LogP contribution in [0.1, 0.15) is 59.6 Å². The molecule has 1 heteroatoms. The molecule has 0 bridgehead atoms. The highest BCUT2D eigenvalue weighted by Gasteiger charge is 2.04. The molecule has 4 aromatic rings. The number of benzene rings is 4. The highest BCUT2D eigenvalue weighted by Crippen LogP contribution is 2.22. The van der Waals surface area contributed by atoms with E-state index in [1.54, 1.807) is 6.92 Å². The molecule has 166 valence electrons. The molecule has 0 radical (unpaired) electrons. The smallest absolute Gasteiger partial charge is 0.133 e. The van der Waals surface area contributed by atoms with Gasteiger partial charge in [0.2, 0.25) is 0 Å². The third-order valence-electron chi connectivity index (χ3n) is 6.25. The molecule has 33 heavy (non-hydrogen) atoms. The van der Waals surface area contributed by atoms with Gasteiger partial charge >= 0.3 is 0 Å². The van der Waals surface area contributed by atoms with Gasteiger partial charge < -0.3 is 0 Å². The molecular weight excluding hydrogens is 403 g/mol. The Hall–Kier alpha value is -3.37. The lowest BCUT2D eigenvalue weighted by atomic mass is 10.0. The molecule has 0 aromatic heterocycles. The summed E-state index contributed by atoms with van der Waals surface area (Å²) in [4.78, 5) is 0. The summed E-state index contributed by atoms with van der Waals surface area (Å²) in [5, 5.41) is 1.53. The Morgan fingerprint density at radius 3 is 1.88 bits per heavy atom. The van der Waals surface area contributed by atoms with Gasteiger partial charge in [-0.3, -0.25) is 0 Å². The van der Waals surface area contributed by atoms with E-state index in [-0.39, 0.29) is 5.82 Å². The molecule has 4 aromatic carbocycles. The van der Waals surface area contributed by atoms with E-state index in [0.29, 0.717) is 10.9 Å². The average Bonchev–Trinajstić information content (AvgIpc) is 2.85. The van der Waals surface area contributed by atoms with Gasteiger partial charge in [0, 0.05) is 16.5 Å². The van der Waals surface area contributed by atoms with Gasteiger partial charge in [-0.15, -0.1) is 0 Å². The quantitative estimate of drug-likeness (QED) is 0.203. The number of hydrogen-bond donors (Lipinski definition) is 0. The van der Waals surface area contributed by atoms with Crippen molar-refractivity contribution in [1.82, 2.24) is 0 Å². The van der Waals surface area contributed by atoms with Crippen molar-refractivity contribution >= 4 is 10.8 Å². The molecular formula is C32H31F. The fraction of sp³-hybridized carbons (Fsp3) is 0.250. The third kappa shape index (κ3) is 6.11. The van der Waals surface area contributed by atoms with Gasteiger partial charge in [0.25, 0.3) is 0 Å². The van der Waals surface area contributed by atoms with Gasteiger partial charge in [-0.1, -0.05) is 86.2 Å². The van der Waals surface area contributed by atoms with E-state index in [1.807, 2.05) is 30.3 Å². The van der Waals surface area contributed by atoms with Crippen LogP contribution in [-0.2, 0) is 19.3 Å². The summed E-state index contributed by atoms with van der Waals surface area (Å²) >= 11 is 0. The van der Waals surface area contributed by atoms with Crippen molar-refractivity contribution in [1.29, 1.82) is 0 Å². The number of fused-ring (bicyclic) bond motifs is 1. The first-order valence-corrected chi connectivity index (χ1v) is 12.0. The molecule has 0 aliphatic carbocycles. The zero-order valence-corrected chi connectivity index (χ0v) is 19.6. The summed E-state index contributed by atoms with van der Waals surface area (Å²) in [5.41, 5.74) is 6.71. The van der Waals surface area contributed by atoms with Crippen molar-refractivity contribution in [3.8, 4) is 11.8 Å². The van der Waals surface area contributed by atoms with Crippen LogP contribution in [0.5, 0.6) is 0 Å². The molecule has 0 fully saturated rings. The van der Waals surface area contributed by atoms with E-state index in [4.69, 9.17) is 0 Å². The van der Waals surface area contributed by atoms with Gasteiger partial charge in [-0.2, -0.15) is 0 Å². The second kappa shape index (κ2) is 11.0. The van der Waals surface area contributed by atoms with Crippen molar-refractivity contribution in [3.63, 3.8) is 0 Å². The summed E-state index contributed by atoms with van der Waals surface area (Å²) in [6, 6.07) is 27.1. The summed E-state index contributed by atoms with van der Waals surface area (Å²) < 4.78 is 14.2. The first kappa shape index (κ1) is 22.8. The molecule has 0 aliphatic rings. The van der Waals surface area contributed by atoms with Gasteiger partial charge in [0.15, 0.2) is 0 Å². The van der Waals surface area contributed by atoms with E-state index in [9.17, 15) is 4.39 Å². The average molecular weight is 435 g/mol. The standard InChI is InChI=1S/C32H31F/c1-3-4-5-6-25-8-10-26(11-9-25)12-13-27-14-16-28(17-15-27)18-19-29-20-22-31-30(23-29)21-7-24(2)32(31)33/h7-11,14-17,20-23H,3-6,12-13H2,1-2H3. The highest BCUT2D eigenvalue weighted by molar-refractivity contribution is 5.85. The lowest BCUT2D eigenvalue weighted by Crippen LogP contribution is -1.93. The fourth-order valence-electron chi connectivity index (χ4n) is 4.12. The zero-order valence-electron chi connectivity index (χ0n) is 19.6. The monoisotopic (exact) mass is 434 g/mol. The molecule has 0 spiro atoms. The molecule has 0 atom stereocenters. The van der Waals surface area contributed by atoms with Gasteiger partial charge in [-0.25, -0.2) is 4.39 Å². The Bertz CT molecular complexity index is 1270. The topological polar surface area (TPSA) is 0 Å². The van der Waals surface area contributed by atoms with Crippen molar-refractivity contribution < 1.29 is 4.39 Å². The Morgan fingerprint density at radius 1 is 0.636 bits per heavy atom. The van der Waals surface area contributed by atoms with Crippen molar-refractivity contribution in [3.05, 3.63) is 118 Å². The van der Waals surface area contributed by atoms with Crippen LogP contribution in [0.25, 0.3) is 10.8 Å². The minimum absolute atomic E-state index is 0.148. The molecule has 0 heterocycles. The number of unbranched alkanes of at least 4 members (excludes halogenated alkanes) is 2. The zero-order chi connectivity index (χ0) is 23.0. The van der Waals surface area contributed by atoms with Crippen LogP contribution in [0, 0.1) is 24.6 Å². The summed E-state index contributed by atoms with van der Waals surface area (Å²) in [6.45, 7) is 4.04. The maximum Gasteiger partial charge on any atom is 0.133 e. The molecule has 0 unspecified atom stereocenters. The van der Waals surface area contributed by atoms with Crippen molar-refractivity contribution in [2.24, 2.45) is 0 Å². The van der Waals surface area contributed by atoms with E-state index in [0.717, 1.165) is 29.4 Å². The maximum atomic E-state index is 14.2. The van der Waals surface area contributed by atoms with Crippen LogP contribution in [0.3, 0.4) is 0 Å². The number of rotatable bonds is 7. The van der Waals surface area contributed by atoms with E-state index in [2.05, 4.69) is 67.3 Å². The van der Waals surface area contributed by atoms with E-state index in [1.165, 1.54) is 42.4 Å². The predicted molar refractivity (Wildman–Crippen MR) is 138 cm³/mol. The SMILES string of the molecule is CCCCCc1ccc(CCc2ccc(C#Cc3ccc4c(F)c(C)ccc4c3)cc2)cc1. The normalized spacial score (nSPS) is 10.8. The van der Waals surface area contributed by atoms with Crippen LogP contribution in [-0.4, -0.2) is 0 Å². The minimum Gasteiger partial charge on any atom is -0.206 e. The Balaban J connectivity index is 1.35. The lowest BCUT2D eigenvalue weighted by Gasteiger charge is -2.05. The summed E-state index contributed by atoms with van der Waals surface area (Å²) in [6.07, 6.45) is 7.12. The minimum atomic E-state index is -0.148. The number of aryl methyl sites for hydroxylation is 4. The van der Waals surface area contributed by atoms with Crippen LogP contribution >= 0.6 is 0 Å². The lowest BCUT2D eigenvalue weighted by molar-refractivity contribution is 0.631. The molecule has 0 saturated carbocycles. The van der Waals surface area contributed by atoms with Crippen molar-refractivity contribution in [2.45, 2.75) is 52.4 Å². The Morgan fingerprint density at radius 2 is 1.21 bits per heavy atom.